The number of hydrogen-bond donors (Lipinski definition) is 1. The number of ether oxygens (including phenoxy) is 4. The van der Waals surface area contributed by atoms with E-state index in [1.165, 1.54) is 0 Å². The van der Waals surface area contributed by atoms with Crippen molar-refractivity contribution < 1.29 is 23.7 Å². The van der Waals surface area contributed by atoms with Crippen molar-refractivity contribution in [1.29, 1.82) is 0 Å². The van der Waals surface area contributed by atoms with Gasteiger partial charge in [-0.25, -0.2) is 4.79 Å². The van der Waals surface area contributed by atoms with Crippen LogP contribution in [0.15, 0.2) is 54.6 Å². The monoisotopic (exact) mass is 462 g/mol. The molecule has 1 aliphatic heterocycles. The highest BCUT2D eigenvalue weighted by Gasteiger charge is 2.33. The lowest BCUT2D eigenvalue weighted by atomic mass is 9.87. The molecule has 0 saturated heterocycles. The molecule has 3 aromatic carbocycles. The third-order valence-electron chi connectivity index (χ3n) is 6.24. The minimum absolute atomic E-state index is 0.172. The molecule has 178 valence electrons. The van der Waals surface area contributed by atoms with E-state index in [9.17, 15) is 4.79 Å². The van der Waals surface area contributed by atoms with Gasteiger partial charge in [-0.3, -0.25) is 0 Å². The van der Waals surface area contributed by atoms with Crippen LogP contribution in [0.2, 0.25) is 0 Å². The molecule has 0 saturated carbocycles. The van der Waals surface area contributed by atoms with Crippen LogP contribution in [0.3, 0.4) is 0 Å². The molecule has 3 aromatic rings. The maximum atomic E-state index is 13.6. The Morgan fingerprint density at radius 1 is 0.853 bits per heavy atom. The summed E-state index contributed by atoms with van der Waals surface area (Å²) in [6.07, 6.45) is 0.706. The molecule has 4 rings (SSSR count). The lowest BCUT2D eigenvalue weighted by Crippen LogP contribution is -2.43. The molecule has 0 radical (unpaired) electrons. The summed E-state index contributed by atoms with van der Waals surface area (Å²) in [7, 11) is 6.51. The van der Waals surface area contributed by atoms with E-state index in [1.807, 2.05) is 66.4 Å². The van der Waals surface area contributed by atoms with Gasteiger partial charge >= 0.3 is 6.03 Å². The van der Waals surface area contributed by atoms with E-state index in [0.29, 0.717) is 24.5 Å². The van der Waals surface area contributed by atoms with E-state index in [-0.39, 0.29) is 12.1 Å². The highest BCUT2D eigenvalue weighted by Crippen LogP contribution is 2.41. The van der Waals surface area contributed by atoms with Gasteiger partial charge in [0.15, 0.2) is 11.5 Å². The number of anilines is 1. The number of nitrogens with one attached hydrogen (secondary N) is 1. The zero-order valence-corrected chi connectivity index (χ0v) is 20.2. The minimum atomic E-state index is -0.298. The molecule has 0 aliphatic carbocycles. The van der Waals surface area contributed by atoms with Gasteiger partial charge < -0.3 is 29.2 Å². The highest BCUT2D eigenvalue weighted by molar-refractivity contribution is 5.91. The van der Waals surface area contributed by atoms with E-state index >= 15 is 0 Å². The molecule has 7 heteroatoms. The summed E-state index contributed by atoms with van der Waals surface area (Å²) < 4.78 is 21.7. The number of fused-ring (bicyclic) bond motifs is 1. The van der Waals surface area contributed by atoms with E-state index < -0.39 is 0 Å². The third-order valence-corrected chi connectivity index (χ3v) is 6.24. The van der Waals surface area contributed by atoms with Crippen molar-refractivity contribution in [2.75, 3.05) is 40.3 Å². The number of benzene rings is 3. The smallest absolute Gasteiger partial charge is 0.322 e. The predicted molar refractivity (Wildman–Crippen MR) is 132 cm³/mol. The minimum Gasteiger partial charge on any atom is -0.497 e. The van der Waals surface area contributed by atoms with Gasteiger partial charge in [-0.05, 0) is 78.1 Å². The maximum absolute atomic E-state index is 13.6. The molecule has 0 aromatic heterocycles. The second-order valence-electron chi connectivity index (χ2n) is 8.14. The molecular formula is C27H30N2O5. The summed E-state index contributed by atoms with van der Waals surface area (Å²) in [5.41, 5.74) is 4.80. The highest BCUT2D eigenvalue weighted by atomic mass is 16.5. The molecule has 1 atom stereocenters. The summed E-state index contributed by atoms with van der Waals surface area (Å²) in [6.45, 7) is 2.50. The Balaban J connectivity index is 1.74. The topological polar surface area (TPSA) is 69.3 Å². The van der Waals surface area contributed by atoms with Crippen LogP contribution >= 0.6 is 0 Å². The molecule has 2 amide bonds. The average molecular weight is 463 g/mol. The number of rotatable bonds is 6. The van der Waals surface area contributed by atoms with Crippen LogP contribution in [0.4, 0.5) is 10.5 Å². The second kappa shape index (κ2) is 9.95. The standard InChI is InChI=1S/C27H30N2O5/c1-17-14-21(32-3)10-11-23(17)28-27(30)29-13-12-19-15-24(33-4)25(34-5)16-22(19)26(29)18-6-8-20(31-2)9-7-18/h6-11,14-16,26H,12-13H2,1-5H3,(H,28,30). The Bertz CT molecular complexity index is 1180. The normalized spacial score (nSPS) is 14.7. The van der Waals surface area contributed by atoms with Gasteiger partial charge in [-0.1, -0.05) is 12.1 Å². The van der Waals surface area contributed by atoms with Gasteiger partial charge in [0, 0.05) is 12.2 Å². The number of methoxy groups -OCH3 is 4. The molecule has 0 spiro atoms. The molecule has 34 heavy (non-hydrogen) atoms. The van der Waals surface area contributed by atoms with Crippen LogP contribution in [0.5, 0.6) is 23.0 Å². The Labute approximate surface area is 200 Å². The number of carbonyl (C=O) groups is 1. The van der Waals surface area contributed by atoms with Crippen LogP contribution in [0.25, 0.3) is 0 Å². The predicted octanol–water partition coefficient (Wildman–Crippen LogP) is 5.21. The van der Waals surface area contributed by atoms with Crippen molar-refractivity contribution in [3.05, 3.63) is 76.9 Å². The third kappa shape index (κ3) is 4.46. The molecule has 7 nitrogen and oxygen atoms in total. The van der Waals surface area contributed by atoms with Crippen molar-refractivity contribution in [3.63, 3.8) is 0 Å². The maximum Gasteiger partial charge on any atom is 0.322 e. The lowest BCUT2D eigenvalue weighted by Gasteiger charge is -2.38. The lowest BCUT2D eigenvalue weighted by molar-refractivity contribution is 0.193. The molecule has 0 bridgehead atoms. The summed E-state index contributed by atoms with van der Waals surface area (Å²) >= 11 is 0. The van der Waals surface area contributed by atoms with Crippen LogP contribution in [-0.2, 0) is 6.42 Å². The Hall–Kier alpha value is -3.87. The summed E-state index contributed by atoms with van der Waals surface area (Å²) in [5, 5.41) is 3.09. The second-order valence-corrected chi connectivity index (χ2v) is 8.14. The van der Waals surface area contributed by atoms with Crippen molar-refractivity contribution in [2.24, 2.45) is 0 Å². The number of aryl methyl sites for hydroxylation is 1. The van der Waals surface area contributed by atoms with Crippen molar-refractivity contribution >= 4 is 11.7 Å². The number of nitrogens with zero attached hydrogens (tertiary/aromatic N) is 1. The number of amides is 2. The van der Waals surface area contributed by atoms with Crippen molar-refractivity contribution in [1.82, 2.24) is 4.90 Å². The van der Waals surface area contributed by atoms with Crippen LogP contribution in [-0.4, -0.2) is 45.9 Å². The first-order valence-corrected chi connectivity index (χ1v) is 11.1. The average Bonchev–Trinajstić information content (AvgIpc) is 2.88. The SMILES string of the molecule is COc1ccc(C2c3cc(OC)c(OC)cc3CCN2C(=O)Nc2ccc(OC)cc2C)cc1. The van der Waals surface area contributed by atoms with Gasteiger partial charge in [-0.2, -0.15) is 0 Å². The van der Waals surface area contributed by atoms with E-state index in [0.717, 1.165) is 39.4 Å². The summed E-state index contributed by atoms with van der Waals surface area (Å²) in [5.74, 6) is 2.83. The van der Waals surface area contributed by atoms with E-state index in [2.05, 4.69) is 5.32 Å². The Morgan fingerprint density at radius 2 is 1.50 bits per heavy atom. The largest absolute Gasteiger partial charge is 0.497 e. The zero-order valence-electron chi connectivity index (χ0n) is 20.2. The first-order chi connectivity index (χ1) is 16.5. The van der Waals surface area contributed by atoms with Gasteiger partial charge in [-0.15, -0.1) is 0 Å². The zero-order chi connectivity index (χ0) is 24.2. The molecule has 0 fully saturated rings. The Morgan fingerprint density at radius 3 is 2.12 bits per heavy atom. The molecule has 1 aliphatic rings. The number of hydrogen-bond acceptors (Lipinski definition) is 5. The van der Waals surface area contributed by atoms with Gasteiger partial charge in [0.05, 0.1) is 34.5 Å². The summed E-state index contributed by atoms with van der Waals surface area (Å²) in [6, 6.07) is 16.9. The molecular weight excluding hydrogens is 432 g/mol. The fourth-order valence-electron chi connectivity index (χ4n) is 4.40. The molecule has 1 N–H and O–H groups in total. The Kier molecular flexibility index (Phi) is 6.82. The van der Waals surface area contributed by atoms with Crippen molar-refractivity contribution in [2.45, 2.75) is 19.4 Å². The first-order valence-electron chi connectivity index (χ1n) is 11.1. The number of urea groups is 1. The van der Waals surface area contributed by atoms with Crippen molar-refractivity contribution in [3.8, 4) is 23.0 Å². The molecule has 1 heterocycles. The fraction of sp³-hybridized carbons (Fsp3) is 0.296. The van der Waals surface area contributed by atoms with Crippen LogP contribution in [0.1, 0.15) is 28.3 Å². The first kappa shape index (κ1) is 23.3. The van der Waals surface area contributed by atoms with E-state index in [1.54, 1.807) is 28.4 Å². The quantitative estimate of drug-likeness (QED) is 0.545. The van der Waals surface area contributed by atoms with E-state index in [4.69, 9.17) is 18.9 Å². The van der Waals surface area contributed by atoms with Gasteiger partial charge in [0.2, 0.25) is 0 Å². The van der Waals surface area contributed by atoms with Crippen LogP contribution < -0.4 is 24.3 Å². The van der Waals surface area contributed by atoms with Gasteiger partial charge in [0.25, 0.3) is 0 Å². The fourth-order valence-corrected chi connectivity index (χ4v) is 4.40. The van der Waals surface area contributed by atoms with Crippen LogP contribution in [0, 0.1) is 6.92 Å². The summed E-state index contributed by atoms with van der Waals surface area (Å²) in [4.78, 5) is 15.4. The van der Waals surface area contributed by atoms with Gasteiger partial charge in [0.1, 0.15) is 11.5 Å². The molecule has 1 unspecified atom stereocenters. The number of carbonyl (C=O) groups excluding carboxylic acids is 1.